The molecule has 1 aromatic carbocycles. The number of aryl methyl sites for hydroxylation is 1. The van der Waals surface area contributed by atoms with Crippen molar-refractivity contribution in [3.63, 3.8) is 0 Å². The third-order valence-electron chi connectivity index (χ3n) is 3.15. The Hall–Kier alpha value is -1.95. The molecule has 1 heterocycles. The van der Waals surface area contributed by atoms with Crippen molar-refractivity contribution >= 4 is 22.9 Å². The third-order valence-corrected chi connectivity index (χ3v) is 3.37. The average molecular weight is 310 g/mol. The summed E-state index contributed by atoms with van der Waals surface area (Å²) in [7, 11) is 0. The zero-order valence-corrected chi connectivity index (χ0v) is 12.3. The van der Waals surface area contributed by atoms with Crippen molar-refractivity contribution in [1.82, 2.24) is 0 Å². The molecule has 0 amide bonds. The van der Waals surface area contributed by atoms with Crippen molar-refractivity contribution in [2.24, 2.45) is 5.73 Å². The van der Waals surface area contributed by atoms with Crippen molar-refractivity contribution in [3.05, 3.63) is 53.5 Å². The fraction of sp³-hybridized carbons (Fsp3) is 0.267. The van der Waals surface area contributed by atoms with Gasteiger partial charge in [-0.25, -0.2) is 8.78 Å². The minimum absolute atomic E-state index is 0.0420. The van der Waals surface area contributed by atoms with Crippen LogP contribution in [-0.2, 0) is 6.42 Å². The summed E-state index contributed by atoms with van der Waals surface area (Å²) < 4.78 is 32.9. The van der Waals surface area contributed by atoms with E-state index < -0.39 is 11.6 Å². The Bertz CT molecular complexity index is 629. The van der Waals surface area contributed by atoms with Crippen LogP contribution in [0.3, 0.4) is 0 Å². The smallest absolute Gasteiger partial charge is 0.182 e. The second-order valence-electron chi connectivity index (χ2n) is 4.82. The van der Waals surface area contributed by atoms with Gasteiger partial charge in [-0.15, -0.1) is 0 Å². The van der Waals surface area contributed by atoms with Crippen molar-refractivity contribution in [3.8, 4) is 0 Å². The molecule has 0 radical (unpaired) electrons. The minimum Gasteiger partial charge on any atom is -0.469 e. The van der Waals surface area contributed by atoms with E-state index in [-0.39, 0.29) is 22.3 Å². The van der Waals surface area contributed by atoms with Crippen LogP contribution in [-0.4, -0.2) is 11.0 Å². The normalized spacial score (nSPS) is 12.1. The largest absolute Gasteiger partial charge is 0.469 e. The highest BCUT2D eigenvalue weighted by atomic mass is 32.1. The molecule has 1 atom stereocenters. The van der Waals surface area contributed by atoms with Gasteiger partial charge in [0.2, 0.25) is 0 Å². The number of nitrogens with two attached hydrogens (primary N) is 1. The molecule has 0 bridgehead atoms. The van der Waals surface area contributed by atoms with Crippen LogP contribution in [0.4, 0.5) is 14.5 Å². The minimum atomic E-state index is -1.02. The molecule has 112 valence electrons. The first kappa shape index (κ1) is 15.4. The van der Waals surface area contributed by atoms with Crippen molar-refractivity contribution < 1.29 is 13.2 Å². The summed E-state index contributed by atoms with van der Waals surface area (Å²) >= 11 is 4.67. The highest BCUT2D eigenvalue weighted by Crippen LogP contribution is 2.22. The predicted octanol–water partition coefficient (Wildman–Crippen LogP) is 3.63. The fourth-order valence-electron chi connectivity index (χ4n) is 2.00. The van der Waals surface area contributed by atoms with Crippen molar-refractivity contribution in [2.45, 2.75) is 25.8 Å². The van der Waals surface area contributed by atoms with Crippen molar-refractivity contribution in [2.75, 3.05) is 5.32 Å². The number of halogens is 2. The van der Waals surface area contributed by atoms with Crippen LogP contribution in [0.1, 0.15) is 24.7 Å². The molecule has 3 nitrogen and oxygen atoms in total. The molecule has 0 aliphatic heterocycles. The van der Waals surface area contributed by atoms with E-state index >= 15 is 0 Å². The second kappa shape index (κ2) is 6.67. The molecule has 0 aliphatic rings. The molecule has 21 heavy (non-hydrogen) atoms. The van der Waals surface area contributed by atoms with Gasteiger partial charge in [0.05, 0.1) is 12.0 Å². The lowest BCUT2D eigenvalue weighted by atomic mass is 10.1. The van der Waals surface area contributed by atoms with E-state index in [0.29, 0.717) is 0 Å². The first-order valence-corrected chi connectivity index (χ1v) is 6.96. The van der Waals surface area contributed by atoms with Gasteiger partial charge in [-0.2, -0.15) is 0 Å². The van der Waals surface area contributed by atoms with Crippen LogP contribution in [0.2, 0.25) is 0 Å². The Morgan fingerprint density at radius 3 is 2.71 bits per heavy atom. The van der Waals surface area contributed by atoms with Gasteiger partial charge >= 0.3 is 0 Å². The highest BCUT2D eigenvalue weighted by Gasteiger charge is 2.16. The number of benzene rings is 1. The topological polar surface area (TPSA) is 51.2 Å². The van der Waals surface area contributed by atoms with E-state index in [2.05, 4.69) is 17.5 Å². The van der Waals surface area contributed by atoms with Crippen LogP contribution in [0.15, 0.2) is 34.9 Å². The Morgan fingerprint density at radius 1 is 1.33 bits per heavy atom. The van der Waals surface area contributed by atoms with Gasteiger partial charge in [0.25, 0.3) is 0 Å². The molecule has 2 aromatic rings. The van der Waals surface area contributed by atoms with E-state index in [1.165, 1.54) is 12.1 Å². The van der Waals surface area contributed by atoms with Crippen LogP contribution < -0.4 is 11.1 Å². The SMILES string of the molecule is CC(CCc1ccco1)Nc1ccc(C(N)=S)c(F)c1F. The summed E-state index contributed by atoms with van der Waals surface area (Å²) in [5.41, 5.74) is 5.34. The number of anilines is 1. The second-order valence-corrected chi connectivity index (χ2v) is 5.26. The lowest BCUT2D eigenvalue weighted by molar-refractivity contribution is 0.492. The molecule has 2 rings (SSSR count). The molecular weight excluding hydrogens is 294 g/mol. The van der Waals surface area contributed by atoms with E-state index in [0.717, 1.165) is 18.6 Å². The zero-order valence-electron chi connectivity index (χ0n) is 11.5. The summed E-state index contributed by atoms with van der Waals surface area (Å²) in [6, 6.07) is 6.47. The molecule has 0 saturated carbocycles. The van der Waals surface area contributed by atoms with Gasteiger partial charge in [-0.3, -0.25) is 0 Å². The highest BCUT2D eigenvalue weighted by molar-refractivity contribution is 7.80. The molecule has 1 aromatic heterocycles. The molecule has 0 aliphatic carbocycles. The Morgan fingerprint density at radius 2 is 2.10 bits per heavy atom. The molecule has 6 heteroatoms. The molecule has 3 N–H and O–H groups in total. The number of thiocarbonyl (C=S) groups is 1. The summed E-state index contributed by atoms with van der Waals surface area (Å²) in [6.45, 7) is 1.89. The fourth-order valence-corrected chi connectivity index (χ4v) is 2.16. The maximum Gasteiger partial charge on any atom is 0.182 e. The van der Waals surface area contributed by atoms with Crippen molar-refractivity contribution in [1.29, 1.82) is 0 Å². The maximum atomic E-state index is 13.9. The molecular formula is C15H16F2N2OS. The van der Waals surface area contributed by atoms with E-state index in [4.69, 9.17) is 10.2 Å². The first-order chi connectivity index (χ1) is 9.99. The van der Waals surface area contributed by atoms with Gasteiger partial charge in [-0.05, 0) is 37.6 Å². The standard InChI is InChI=1S/C15H16F2N2OS/c1-9(4-5-10-3-2-8-20-10)19-12-7-6-11(15(18)21)13(16)14(12)17/h2-3,6-9,19H,4-5H2,1H3,(H2,18,21). The first-order valence-electron chi connectivity index (χ1n) is 6.55. The van der Waals surface area contributed by atoms with E-state index in [1.54, 1.807) is 6.26 Å². The van der Waals surface area contributed by atoms with Crippen LogP contribution >= 0.6 is 12.2 Å². The van der Waals surface area contributed by atoms with Crippen LogP contribution in [0.5, 0.6) is 0 Å². The maximum absolute atomic E-state index is 13.9. The Kier molecular flexibility index (Phi) is 4.90. The van der Waals surface area contributed by atoms with Gasteiger partial charge in [0.15, 0.2) is 11.6 Å². The molecule has 0 spiro atoms. The lowest BCUT2D eigenvalue weighted by Crippen LogP contribution is -2.19. The lowest BCUT2D eigenvalue weighted by Gasteiger charge is -2.16. The number of furan rings is 1. The molecule has 1 unspecified atom stereocenters. The van der Waals surface area contributed by atoms with Gasteiger partial charge in [0.1, 0.15) is 10.7 Å². The molecule has 0 saturated heterocycles. The Labute approximate surface area is 127 Å². The van der Waals surface area contributed by atoms with Crippen LogP contribution in [0.25, 0.3) is 0 Å². The quantitative estimate of drug-likeness (QED) is 0.800. The number of hydrogen-bond donors (Lipinski definition) is 2. The Balaban J connectivity index is 2.02. The monoisotopic (exact) mass is 310 g/mol. The van der Waals surface area contributed by atoms with E-state index in [1.807, 2.05) is 19.1 Å². The van der Waals surface area contributed by atoms with E-state index in [9.17, 15) is 8.78 Å². The molecule has 0 fully saturated rings. The van der Waals surface area contributed by atoms with Crippen LogP contribution in [0, 0.1) is 11.6 Å². The predicted molar refractivity (Wildman–Crippen MR) is 82.4 cm³/mol. The summed E-state index contributed by atoms with van der Waals surface area (Å²) in [5, 5.41) is 2.94. The summed E-state index contributed by atoms with van der Waals surface area (Å²) in [5.74, 6) is -1.13. The third kappa shape index (κ3) is 3.78. The number of nitrogens with one attached hydrogen (secondary N) is 1. The number of hydrogen-bond acceptors (Lipinski definition) is 3. The zero-order chi connectivity index (χ0) is 15.4. The van der Waals surface area contributed by atoms with Gasteiger partial charge in [0, 0.05) is 18.0 Å². The van der Waals surface area contributed by atoms with Gasteiger partial charge in [-0.1, -0.05) is 12.2 Å². The number of rotatable bonds is 6. The van der Waals surface area contributed by atoms with Gasteiger partial charge < -0.3 is 15.5 Å². The summed E-state index contributed by atoms with van der Waals surface area (Å²) in [4.78, 5) is -0.163. The summed E-state index contributed by atoms with van der Waals surface area (Å²) in [6.07, 6.45) is 3.05. The average Bonchev–Trinajstić information content (AvgIpc) is 2.94.